The van der Waals surface area contributed by atoms with Gasteiger partial charge >= 0.3 is 5.97 Å². The lowest BCUT2D eigenvalue weighted by molar-refractivity contribution is 0.0701. The summed E-state index contributed by atoms with van der Waals surface area (Å²) >= 11 is 1.27. The van der Waals surface area contributed by atoms with Gasteiger partial charge in [-0.15, -0.1) is 0 Å². The number of rotatable bonds is 4. The van der Waals surface area contributed by atoms with Crippen molar-refractivity contribution in [1.82, 2.24) is 4.98 Å². The Morgan fingerprint density at radius 3 is 2.72 bits per heavy atom. The van der Waals surface area contributed by atoms with Crippen molar-refractivity contribution < 1.29 is 14.6 Å². The maximum absolute atomic E-state index is 11.0. The average Bonchev–Trinajstić information content (AvgIpc) is 2.73. The summed E-state index contributed by atoms with van der Waals surface area (Å²) in [6.07, 6.45) is 2.16. The Morgan fingerprint density at radius 2 is 2.22 bits per heavy atom. The fourth-order valence-corrected chi connectivity index (χ4v) is 3.20. The van der Waals surface area contributed by atoms with Gasteiger partial charge in [0, 0.05) is 26.8 Å². The fourth-order valence-electron chi connectivity index (χ4n) is 2.24. The average molecular weight is 270 g/mol. The molecule has 0 aliphatic carbocycles. The van der Waals surface area contributed by atoms with Gasteiger partial charge in [0.05, 0.1) is 5.69 Å². The highest BCUT2D eigenvalue weighted by molar-refractivity contribution is 7.17. The number of carbonyl (C=O) groups is 1. The predicted molar refractivity (Wildman–Crippen MR) is 70.6 cm³/mol. The van der Waals surface area contributed by atoms with Gasteiger partial charge in [-0.3, -0.25) is 0 Å². The number of piperidine rings is 1. The minimum atomic E-state index is -0.884. The number of ether oxygens (including phenoxy) is 1. The van der Waals surface area contributed by atoms with Crippen LogP contribution >= 0.6 is 11.3 Å². The van der Waals surface area contributed by atoms with Gasteiger partial charge < -0.3 is 14.7 Å². The highest BCUT2D eigenvalue weighted by Gasteiger charge is 2.23. The molecule has 0 radical (unpaired) electrons. The Kier molecular flexibility index (Phi) is 4.19. The zero-order valence-electron chi connectivity index (χ0n) is 10.7. The summed E-state index contributed by atoms with van der Waals surface area (Å²) < 4.78 is 5.17. The van der Waals surface area contributed by atoms with E-state index in [1.165, 1.54) is 11.3 Å². The second-order valence-corrected chi connectivity index (χ2v) is 5.58. The third-order valence-corrected chi connectivity index (χ3v) is 4.47. The van der Waals surface area contributed by atoms with E-state index in [1.807, 2.05) is 0 Å². The van der Waals surface area contributed by atoms with E-state index in [2.05, 4.69) is 9.88 Å². The molecule has 100 valence electrons. The number of carboxylic acids is 1. The van der Waals surface area contributed by atoms with Crippen LogP contribution < -0.4 is 4.90 Å². The van der Waals surface area contributed by atoms with Crippen molar-refractivity contribution in [3.63, 3.8) is 0 Å². The molecule has 0 unspecified atom stereocenters. The molecular weight excluding hydrogens is 252 g/mol. The van der Waals surface area contributed by atoms with Crippen LogP contribution in [0.2, 0.25) is 0 Å². The summed E-state index contributed by atoms with van der Waals surface area (Å²) in [6.45, 7) is 4.42. The lowest BCUT2D eigenvalue weighted by atomic mass is 9.98. The molecule has 5 nitrogen and oxygen atoms in total. The van der Waals surface area contributed by atoms with Gasteiger partial charge in [-0.05, 0) is 25.7 Å². The van der Waals surface area contributed by atoms with E-state index in [0.29, 0.717) is 16.5 Å². The summed E-state index contributed by atoms with van der Waals surface area (Å²) in [6, 6.07) is 0. The molecule has 0 saturated carbocycles. The second kappa shape index (κ2) is 5.67. The van der Waals surface area contributed by atoms with Gasteiger partial charge in [0.1, 0.15) is 4.88 Å². The number of aromatic carboxylic acids is 1. The zero-order valence-corrected chi connectivity index (χ0v) is 11.5. The van der Waals surface area contributed by atoms with E-state index >= 15 is 0 Å². The Morgan fingerprint density at radius 1 is 1.56 bits per heavy atom. The molecule has 2 heterocycles. The molecule has 0 aromatic carbocycles. The molecule has 1 aromatic heterocycles. The summed E-state index contributed by atoms with van der Waals surface area (Å²) in [5.41, 5.74) is 0.613. The Labute approximate surface area is 110 Å². The highest BCUT2D eigenvalue weighted by Crippen LogP contribution is 2.29. The van der Waals surface area contributed by atoms with E-state index in [4.69, 9.17) is 9.84 Å². The molecule has 0 bridgehead atoms. The van der Waals surface area contributed by atoms with E-state index in [0.717, 1.165) is 37.7 Å². The first-order valence-electron chi connectivity index (χ1n) is 6.06. The first kappa shape index (κ1) is 13.3. The van der Waals surface area contributed by atoms with E-state index in [1.54, 1.807) is 14.0 Å². The third kappa shape index (κ3) is 2.81. The molecule has 0 amide bonds. The minimum absolute atomic E-state index is 0.351. The molecule has 0 spiro atoms. The number of aryl methyl sites for hydroxylation is 1. The number of thiazole rings is 1. The number of methoxy groups -OCH3 is 1. The molecule has 18 heavy (non-hydrogen) atoms. The lowest BCUT2D eigenvalue weighted by Crippen LogP contribution is -2.34. The molecule has 1 saturated heterocycles. The van der Waals surface area contributed by atoms with Gasteiger partial charge in [0.25, 0.3) is 0 Å². The third-order valence-electron chi connectivity index (χ3n) is 3.27. The van der Waals surface area contributed by atoms with Crippen molar-refractivity contribution >= 4 is 22.4 Å². The molecule has 1 aliphatic heterocycles. The topological polar surface area (TPSA) is 62.7 Å². The molecule has 0 atom stereocenters. The molecule has 1 aromatic rings. The van der Waals surface area contributed by atoms with Gasteiger partial charge in [0.15, 0.2) is 5.13 Å². The maximum Gasteiger partial charge on any atom is 0.347 e. The molecule has 2 rings (SSSR count). The van der Waals surface area contributed by atoms with Gasteiger partial charge in [-0.25, -0.2) is 9.78 Å². The zero-order chi connectivity index (χ0) is 13.1. The van der Waals surface area contributed by atoms with Crippen LogP contribution in [0.3, 0.4) is 0 Å². The summed E-state index contributed by atoms with van der Waals surface area (Å²) in [5, 5.41) is 9.86. The molecule has 1 N–H and O–H groups in total. The quantitative estimate of drug-likeness (QED) is 0.906. The Balaban J connectivity index is 2.01. The number of nitrogens with zero attached hydrogens (tertiary/aromatic N) is 2. The first-order chi connectivity index (χ1) is 8.61. The number of carboxylic acid groups (broad SMARTS) is 1. The summed E-state index contributed by atoms with van der Waals surface area (Å²) in [5.74, 6) is -0.267. The van der Waals surface area contributed by atoms with E-state index in [-0.39, 0.29) is 0 Å². The Bertz CT molecular complexity index is 425. The standard InChI is InChI=1S/C12H18N2O3S/c1-8-10(11(15)16)18-12(13-8)14-5-3-9(4-6-14)7-17-2/h9H,3-7H2,1-2H3,(H,15,16). The fraction of sp³-hybridized carbons (Fsp3) is 0.667. The molecule has 1 aliphatic rings. The largest absolute Gasteiger partial charge is 0.477 e. The smallest absolute Gasteiger partial charge is 0.347 e. The van der Waals surface area contributed by atoms with Crippen LogP contribution in [0.15, 0.2) is 0 Å². The number of anilines is 1. The van der Waals surface area contributed by atoms with Gasteiger partial charge in [0.2, 0.25) is 0 Å². The summed E-state index contributed by atoms with van der Waals surface area (Å²) in [4.78, 5) is 17.9. The van der Waals surface area contributed by atoms with Crippen molar-refractivity contribution in [3.8, 4) is 0 Å². The minimum Gasteiger partial charge on any atom is -0.477 e. The normalized spacial score (nSPS) is 17.1. The molecule has 6 heteroatoms. The van der Waals surface area contributed by atoms with Crippen LogP contribution in [0.5, 0.6) is 0 Å². The van der Waals surface area contributed by atoms with E-state index < -0.39 is 5.97 Å². The van der Waals surface area contributed by atoms with Crippen molar-refractivity contribution in [2.24, 2.45) is 5.92 Å². The van der Waals surface area contributed by atoms with Gasteiger partial charge in [-0.2, -0.15) is 0 Å². The van der Waals surface area contributed by atoms with Crippen molar-refractivity contribution in [2.45, 2.75) is 19.8 Å². The van der Waals surface area contributed by atoms with Crippen LogP contribution in [0.1, 0.15) is 28.2 Å². The first-order valence-corrected chi connectivity index (χ1v) is 6.88. The van der Waals surface area contributed by atoms with Crippen LogP contribution in [0, 0.1) is 12.8 Å². The van der Waals surface area contributed by atoms with E-state index in [9.17, 15) is 4.79 Å². The number of hydrogen-bond donors (Lipinski definition) is 1. The summed E-state index contributed by atoms with van der Waals surface area (Å²) in [7, 11) is 1.73. The van der Waals surface area contributed by atoms with Crippen LogP contribution in [0.4, 0.5) is 5.13 Å². The van der Waals surface area contributed by atoms with Crippen LogP contribution in [0.25, 0.3) is 0 Å². The van der Waals surface area contributed by atoms with Crippen molar-refractivity contribution in [1.29, 1.82) is 0 Å². The number of hydrogen-bond acceptors (Lipinski definition) is 5. The molecule has 1 fully saturated rings. The van der Waals surface area contributed by atoms with Crippen molar-refractivity contribution in [3.05, 3.63) is 10.6 Å². The molecular formula is C12H18N2O3S. The lowest BCUT2D eigenvalue weighted by Gasteiger charge is -2.31. The van der Waals surface area contributed by atoms with Gasteiger partial charge in [-0.1, -0.05) is 11.3 Å². The predicted octanol–water partition coefficient (Wildman–Crippen LogP) is 2.01. The Hall–Kier alpha value is -1.14. The van der Waals surface area contributed by atoms with Crippen LogP contribution in [-0.2, 0) is 4.74 Å². The SMILES string of the molecule is COCC1CCN(c2nc(C)c(C(=O)O)s2)CC1. The van der Waals surface area contributed by atoms with Crippen molar-refractivity contribution in [2.75, 3.05) is 31.7 Å². The number of aromatic nitrogens is 1. The maximum atomic E-state index is 11.0. The van der Waals surface area contributed by atoms with Crippen LogP contribution in [-0.4, -0.2) is 42.9 Å². The second-order valence-electron chi connectivity index (χ2n) is 4.60. The monoisotopic (exact) mass is 270 g/mol. The highest BCUT2D eigenvalue weighted by atomic mass is 32.1.